The van der Waals surface area contributed by atoms with Gasteiger partial charge >= 0.3 is 0 Å². The highest BCUT2D eigenvalue weighted by atomic mass is 32.2. The largest absolute Gasteiger partial charge is 0.280 e. The van der Waals surface area contributed by atoms with Gasteiger partial charge in [-0.05, 0) is 39.3 Å². The number of amides is 1. The molecular weight excluding hydrogens is 300 g/mol. The van der Waals surface area contributed by atoms with E-state index in [-0.39, 0.29) is 18.0 Å². The van der Waals surface area contributed by atoms with Gasteiger partial charge in [-0.1, -0.05) is 54.3 Å². The smallest absolute Gasteiger partial charge is 0.267 e. The SMILES string of the molecule is CC(C)N(C(C)C)N1C(=O)/C(=C/c2ccccc2)SC1=S. The predicted molar refractivity (Wildman–Crippen MR) is 93.6 cm³/mol. The zero-order valence-electron chi connectivity index (χ0n) is 12.7. The number of rotatable bonds is 4. The summed E-state index contributed by atoms with van der Waals surface area (Å²) in [7, 11) is 0. The molecule has 1 heterocycles. The Balaban J connectivity index is 2.30. The Labute approximate surface area is 136 Å². The minimum atomic E-state index is -0.0312. The van der Waals surface area contributed by atoms with Gasteiger partial charge in [0.1, 0.15) is 0 Å². The summed E-state index contributed by atoms with van der Waals surface area (Å²) in [6, 6.07) is 10.3. The molecule has 112 valence electrons. The third-order valence-electron chi connectivity index (χ3n) is 3.16. The van der Waals surface area contributed by atoms with Crippen LogP contribution in [-0.4, -0.2) is 32.3 Å². The van der Waals surface area contributed by atoms with Gasteiger partial charge in [0.2, 0.25) is 0 Å². The van der Waals surface area contributed by atoms with Crippen LogP contribution in [0.3, 0.4) is 0 Å². The molecule has 0 saturated carbocycles. The highest BCUT2D eigenvalue weighted by Gasteiger charge is 2.38. The molecule has 0 atom stereocenters. The van der Waals surface area contributed by atoms with Crippen LogP contribution in [0.5, 0.6) is 0 Å². The molecule has 0 aliphatic carbocycles. The maximum Gasteiger partial charge on any atom is 0.280 e. The summed E-state index contributed by atoms with van der Waals surface area (Å²) < 4.78 is 0.601. The van der Waals surface area contributed by atoms with E-state index >= 15 is 0 Å². The fourth-order valence-corrected chi connectivity index (χ4v) is 3.68. The lowest BCUT2D eigenvalue weighted by Crippen LogP contribution is -2.52. The topological polar surface area (TPSA) is 23.6 Å². The van der Waals surface area contributed by atoms with Gasteiger partial charge in [0.05, 0.1) is 4.91 Å². The van der Waals surface area contributed by atoms with Crippen molar-refractivity contribution in [2.75, 3.05) is 0 Å². The van der Waals surface area contributed by atoms with Crippen molar-refractivity contribution in [3.8, 4) is 0 Å². The number of nitrogens with zero attached hydrogens (tertiary/aromatic N) is 2. The number of benzene rings is 1. The Hall–Kier alpha value is -1.17. The predicted octanol–water partition coefficient (Wildman–Crippen LogP) is 3.92. The van der Waals surface area contributed by atoms with Gasteiger partial charge in [-0.25, -0.2) is 10.0 Å². The average Bonchev–Trinajstić information content (AvgIpc) is 2.67. The average molecular weight is 320 g/mol. The molecule has 2 rings (SSSR count). The summed E-state index contributed by atoms with van der Waals surface area (Å²) in [5.74, 6) is -0.0312. The van der Waals surface area contributed by atoms with Crippen LogP contribution in [-0.2, 0) is 4.79 Å². The molecule has 0 unspecified atom stereocenters. The zero-order chi connectivity index (χ0) is 15.6. The van der Waals surface area contributed by atoms with Gasteiger partial charge in [-0.3, -0.25) is 4.79 Å². The summed E-state index contributed by atoms with van der Waals surface area (Å²) in [6.07, 6.45) is 1.90. The van der Waals surface area contributed by atoms with Gasteiger partial charge in [-0.2, -0.15) is 0 Å². The summed E-state index contributed by atoms with van der Waals surface area (Å²) in [5.41, 5.74) is 1.01. The van der Waals surface area contributed by atoms with Crippen molar-refractivity contribution in [1.29, 1.82) is 0 Å². The number of carbonyl (C=O) groups is 1. The standard InChI is InChI=1S/C16H20N2OS2/c1-11(2)17(12(3)4)18-15(19)14(21-16(18)20)10-13-8-6-5-7-9-13/h5-12H,1-4H3/b14-10-. The molecule has 0 radical (unpaired) electrons. The first kappa shape index (κ1) is 16.2. The van der Waals surface area contributed by atoms with Crippen molar-refractivity contribution in [2.45, 2.75) is 39.8 Å². The molecule has 1 aromatic carbocycles. The van der Waals surface area contributed by atoms with Crippen molar-refractivity contribution in [3.63, 3.8) is 0 Å². The number of hydrogen-bond donors (Lipinski definition) is 0. The molecule has 0 spiro atoms. The van der Waals surface area contributed by atoms with Crippen molar-refractivity contribution in [2.24, 2.45) is 0 Å². The van der Waals surface area contributed by atoms with E-state index in [9.17, 15) is 4.79 Å². The first-order valence-electron chi connectivity index (χ1n) is 7.03. The Morgan fingerprint density at radius 1 is 1.14 bits per heavy atom. The first-order chi connectivity index (χ1) is 9.91. The molecule has 1 aromatic rings. The van der Waals surface area contributed by atoms with Crippen molar-refractivity contribution in [1.82, 2.24) is 10.0 Å². The molecule has 0 bridgehead atoms. The van der Waals surface area contributed by atoms with E-state index in [1.54, 1.807) is 5.01 Å². The summed E-state index contributed by atoms with van der Waals surface area (Å²) in [5, 5.41) is 3.67. The molecule has 1 aliphatic rings. The van der Waals surface area contributed by atoms with E-state index < -0.39 is 0 Å². The van der Waals surface area contributed by atoms with Crippen molar-refractivity contribution < 1.29 is 4.79 Å². The fourth-order valence-electron chi connectivity index (χ4n) is 2.42. The zero-order valence-corrected chi connectivity index (χ0v) is 14.4. The monoisotopic (exact) mass is 320 g/mol. The highest BCUT2D eigenvalue weighted by Crippen LogP contribution is 2.34. The van der Waals surface area contributed by atoms with Crippen LogP contribution in [0.2, 0.25) is 0 Å². The van der Waals surface area contributed by atoms with E-state index in [1.165, 1.54) is 11.8 Å². The summed E-state index contributed by atoms with van der Waals surface area (Å²) in [4.78, 5) is 13.4. The molecule has 0 aromatic heterocycles. The second kappa shape index (κ2) is 6.73. The maximum atomic E-state index is 12.7. The van der Waals surface area contributed by atoms with Gasteiger partial charge < -0.3 is 0 Å². The molecule has 1 fully saturated rings. The normalized spacial score (nSPS) is 17.9. The van der Waals surface area contributed by atoms with Gasteiger partial charge in [0, 0.05) is 12.1 Å². The van der Waals surface area contributed by atoms with Crippen LogP contribution in [0.4, 0.5) is 0 Å². The Kier molecular flexibility index (Phi) is 5.19. The lowest BCUT2D eigenvalue weighted by atomic mass is 10.2. The number of carbonyl (C=O) groups excluding carboxylic acids is 1. The van der Waals surface area contributed by atoms with Crippen LogP contribution in [0.15, 0.2) is 35.2 Å². The van der Waals surface area contributed by atoms with Crippen molar-refractivity contribution >= 4 is 40.3 Å². The van der Waals surface area contributed by atoms with E-state index in [0.717, 1.165) is 5.56 Å². The fraction of sp³-hybridized carbons (Fsp3) is 0.375. The van der Waals surface area contributed by atoms with Crippen LogP contribution in [0, 0.1) is 0 Å². The third kappa shape index (κ3) is 3.54. The lowest BCUT2D eigenvalue weighted by Gasteiger charge is -2.37. The molecule has 21 heavy (non-hydrogen) atoms. The molecule has 5 heteroatoms. The van der Waals surface area contributed by atoms with E-state index in [2.05, 4.69) is 27.7 Å². The molecule has 3 nitrogen and oxygen atoms in total. The molecule has 1 aliphatic heterocycles. The quantitative estimate of drug-likeness (QED) is 0.620. The van der Waals surface area contributed by atoms with Gasteiger partial charge in [0.15, 0.2) is 4.32 Å². The van der Waals surface area contributed by atoms with Crippen molar-refractivity contribution in [3.05, 3.63) is 40.8 Å². The lowest BCUT2D eigenvalue weighted by molar-refractivity contribution is -0.138. The number of hydrazine groups is 1. The number of hydrogen-bond acceptors (Lipinski definition) is 4. The summed E-state index contributed by atoms with van der Waals surface area (Å²) in [6.45, 7) is 8.28. The first-order valence-corrected chi connectivity index (χ1v) is 8.25. The maximum absolute atomic E-state index is 12.7. The second-order valence-electron chi connectivity index (χ2n) is 5.47. The Morgan fingerprint density at radius 3 is 2.24 bits per heavy atom. The van der Waals surface area contributed by atoms with E-state index in [0.29, 0.717) is 9.23 Å². The minimum absolute atomic E-state index is 0.0312. The summed E-state index contributed by atoms with van der Waals surface area (Å²) >= 11 is 6.78. The van der Waals surface area contributed by atoms with Crippen LogP contribution in [0.25, 0.3) is 6.08 Å². The minimum Gasteiger partial charge on any atom is -0.267 e. The van der Waals surface area contributed by atoms with E-state index in [4.69, 9.17) is 12.2 Å². The van der Waals surface area contributed by atoms with Gasteiger partial charge in [0.25, 0.3) is 5.91 Å². The highest BCUT2D eigenvalue weighted by molar-refractivity contribution is 8.26. The Bertz CT molecular complexity index is 559. The second-order valence-corrected chi connectivity index (χ2v) is 7.15. The Morgan fingerprint density at radius 2 is 1.71 bits per heavy atom. The number of thioether (sulfide) groups is 1. The molecule has 1 saturated heterocycles. The van der Waals surface area contributed by atoms with E-state index in [1.807, 2.05) is 41.4 Å². The van der Waals surface area contributed by atoms with Crippen LogP contribution < -0.4 is 0 Å². The molecule has 1 amide bonds. The van der Waals surface area contributed by atoms with Crippen LogP contribution in [0.1, 0.15) is 33.3 Å². The van der Waals surface area contributed by atoms with Gasteiger partial charge in [-0.15, -0.1) is 0 Å². The van der Waals surface area contributed by atoms with Crippen LogP contribution >= 0.6 is 24.0 Å². The molecular formula is C16H20N2OS2. The third-order valence-corrected chi connectivity index (χ3v) is 4.44. The number of thiocarbonyl (C=S) groups is 1. The molecule has 0 N–H and O–H groups in total.